The molecule has 0 saturated carbocycles. The molecule has 0 spiro atoms. The molecule has 66 heavy (non-hydrogen) atoms. The summed E-state index contributed by atoms with van der Waals surface area (Å²) in [5, 5.41) is 12.5. The van der Waals surface area contributed by atoms with Crippen LogP contribution in [0, 0.1) is 0 Å². The second kappa shape index (κ2) is 15.7. The van der Waals surface area contributed by atoms with Gasteiger partial charge >= 0.3 is 0 Å². The number of nitrogens with zero attached hydrogens (tertiary/aromatic N) is 1. The Kier molecular flexibility index (Phi) is 9.11. The highest BCUT2D eigenvalue weighted by atomic mass is 32.1. The van der Waals surface area contributed by atoms with E-state index < -0.39 is 0 Å². The number of hydrogen-bond acceptors (Lipinski definition) is 2. The van der Waals surface area contributed by atoms with Crippen LogP contribution in [0.1, 0.15) is 0 Å². The Morgan fingerprint density at radius 2 is 0.864 bits per heavy atom. The van der Waals surface area contributed by atoms with Gasteiger partial charge in [-0.25, -0.2) is 0 Å². The van der Waals surface area contributed by atoms with Crippen LogP contribution in [0.4, 0.5) is 17.1 Å². The van der Waals surface area contributed by atoms with E-state index in [1.807, 2.05) is 11.3 Å². The van der Waals surface area contributed by atoms with Gasteiger partial charge < -0.3 is 4.90 Å². The zero-order chi connectivity index (χ0) is 43.6. The summed E-state index contributed by atoms with van der Waals surface area (Å²) in [6.45, 7) is 0. The molecule has 0 aliphatic rings. The van der Waals surface area contributed by atoms with Crippen LogP contribution in [-0.4, -0.2) is 0 Å². The maximum absolute atomic E-state index is 2.54. The summed E-state index contributed by atoms with van der Waals surface area (Å²) in [5.41, 5.74) is 12.9. The molecule has 0 amide bonds. The molecule has 0 saturated heterocycles. The number of anilines is 3. The molecular formula is C64H41NS. The first-order chi connectivity index (χ1) is 32.7. The summed E-state index contributed by atoms with van der Waals surface area (Å²) in [7, 11) is 0. The van der Waals surface area contributed by atoms with E-state index in [4.69, 9.17) is 0 Å². The minimum Gasteiger partial charge on any atom is -0.309 e. The second-order valence-electron chi connectivity index (χ2n) is 17.2. The Labute approximate surface area is 387 Å². The molecule has 0 radical (unpaired) electrons. The minimum atomic E-state index is 1.09. The van der Waals surface area contributed by atoms with Crippen molar-refractivity contribution in [1.82, 2.24) is 0 Å². The number of benzene rings is 12. The van der Waals surface area contributed by atoms with Gasteiger partial charge in [-0.05, 0) is 137 Å². The van der Waals surface area contributed by atoms with Gasteiger partial charge in [-0.3, -0.25) is 0 Å². The molecule has 0 aliphatic heterocycles. The Balaban J connectivity index is 1.10. The third-order valence-corrected chi connectivity index (χ3v) is 14.5. The highest BCUT2D eigenvalue weighted by Crippen LogP contribution is 2.51. The average molecular weight is 856 g/mol. The van der Waals surface area contributed by atoms with Crippen molar-refractivity contribution in [2.75, 3.05) is 4.90 Å². The van der Waals surface area contributed by atoms with E-state index in [-0.39, 0.29) is 0 Å². The molecule has 0 fully saturated rings. The molecule has 0 N–H and O–H groups in total. The monoisotopic (exact) mass is 855 g/mol. The first-order valence-electron chi connectivity index (χ1n) is 22.7. The van der Waals surface area contributed by atoms with Gasteiger partial charge in [0.05, 0.1) is 11.4 Å². The highest BCUT2D eigenvalue weighted by Gasteiger charge is 2.24. The average Bonchev–Trinajstić information content (AvgIpc) is 3.76. The number of hydrogen-bond donors (Lipinski definition) is 0. The third kappa shape index (κ3) is 6.37. The van der Waals surface area contributed by atoms with Crippen LogP contribution in [0.15, 0.2) is 249 Å². The van der Waals surface area contributed by atoms with Crippen LogP contribution in [0.5, 0.6) is 0 Å². The van der Waals surface area contributed by atoms with Gasteiger partial charge in [0.1, 0.15) is 0 Å². The molecule has 0 aliphatic carbocycles. The molecule has 308 valence electrons. The summed E-state index contributed by atoms with van der Waals surface area (Å²) < 4.78 is 2.55. The van der Waals surface area contributed by atoms with Crippen molar-refractivity contribution in [3.63, 3.8) is 0 Å². The van der Waals surface area contributed by atoms with Crippen molar-refractivity contribution < 1.29 is 0 Å². The van der Waals surface area contributed by atoms with Gasteiger partial charge in [-0.15, -0.1) is 11.3 Å². The van der Waals surface area contributed by atoms with Crippen LogP contribution in [0.2, 0.25) is 0 Å². The Bertz CT molecular complexity index is 4010. The second-order valence-corrected chi connectivity index (χ2v) is 18.3. The lowest BCUT2D eigenvalue weighted by atomic mass is 9.88. The quantitative estimate of drug-likeness (QED) is 0.144. The fourth-order valence-electron chi connectivity index (χ4n) is 10.4. The maximum atomic E-state index is 2.54. The van der Waals surface area contributed by atoms with Crippen LogP contribution < -0.4 is 4.90 Å². The van der Waals surface area contributed by atoms with Gasteiger partial charge in [0.2, 0.25) is 0 Å². The first-order valence-corrected chi connectivity index (χ1v) is 23.5. The first kappa shape index (κ1) is 38.2. The van der Waals surface area contributed by atoms with Crippen molar-refractivity contribution in [1.29, 1.82) is 0 Å². The predicted octanol–water partition coefficient (Wildman–Crippen LogP) is 18.8. The van der Waals surface area contributed by atoms with E-state index in [2.05, 4.69) is 254 Å². The molecule has 0 bridgehead atoms. The molecule has 12 aromatic carbocycles. The number of para-hydroxylation sites is 1. The molecule has 1 aromatic heterocycles. The van der Waals surface area contributed by atoms with Crippen LogP contribution in [-0.2, 0) is 0 Å². The lowest BCUT2D eigenvalue weighted by molar-refractivity contribution is 1.30. The number of thiophene rings is 1. The van der Waals surface area contributed by atoms with Gasteiger partial charge in [0.25, 0.3) is 0 Å². The molecule has 13 rings (SSSR count). The normalized spacial score (nSPS) is 11.6. The number of fused-ring (bicyclic) bond motifs is 8. The zero-order valence-corrected chi connectivity index (χ0v) is 36.8. The molecule has 1 nitrogen and oxygen atoms in total. The van der Waals surface area contributed by atoms with Crippen molar-refractivity contribution in [2.45, 2.75) is 0 Å². The van der Waals surface area contributed by atoms with Gasteiger partial charge in [-0.2, -0.15) is 0 Å². The Hall–Kier alpha value is -8.30. The molecular weight excluding hydrogens is 815 g/mol. The molecule has 0 atom stereocenters. The largest absolute Gasteiger partial charge is 0.309 e. The van der Waals surface area contributed by atoms with Crippen molar-refractivity contribution in [3.8, 4) is 44.5 Å². The van der Waals surface area contributed by atoms with E-state index in [0.29, 0.717) is 0 Å². The molecule has 1 heterocycles. The SMILES string of the molecule is c1ccc(-c2ccc(N(c3ccccc3-c3ccccc3-c3cc4ccccc4c4ccccc34)c3cccc4sc5cc6ccccc6cc5c34)cc2-c2ccc3ccccc3c2)cc1. The maximum Gasteiger partial charge on any atom is 0.0555 e. The standard InChI is InChI=1S/C64H41NS/c1-2-18-43(19-3-1)51-36-35-49(41-57(51)48-34-33-42-17-4-5-20-44(42)37-48)65(61-31-16-32-62-64(61)59-38-45-21-6-7-22-46(45)40-63(59)66-62)60-30-15-14-29-56(60)53-26-11-13-28-55(53)58-39-47-23-8-9-24-50(47)52-25-10-12-27-54(52)58/h1-41H. The van der Waals surface area contributed by atoms with E-state index in [9.17, 15) is 0 Å². The van der Waals surface area contributed by atoms with Gasteiger partial charge in [0.15, 0.2) is 0 Å². The van der Waals surface area contributed by atoms with Crippen molar-refractivity contribution >= 4 is 91.7 Å². The van der Waals surface area contributed by atoms with E-state index in [1.54, 1.807) is 0 Å². The van der Waals surface area contributed by atoms with Crippen LogP contribution >= 0.6 is 11.3 Å². The summed E-state index contributed by atoms with van der Waals surface area (Å²) in [6.07, 6.45) is 0. The molecule has 13 aromatic rings. The summed E-state index contributed by atoms with van der Waals surface area (Å²) in [5.74, 6) is 0. The molecule has 2 heteroatoms. The molecule has 0 unspecified atom stereocenters. The van der Waals surface area contributed by atoms with Gasteiger partial charge in [0, 0.05) is 31.4 Å². The predicted molar refractivity (Wildman–Crippen MR) is 286 cm³/mol. The summed E-state index contributed by atoms with van der Waals surface area (Å²) in [4.78, 5) is 2.54. The van der Waals surface area contributed by atoms with Crippen LogP contribution in [0.25, 0.3) is 108 Å². The Morgan fingerprint density at radius 3 is 1.67 bits per heavy atom. The Morgan fingerprint density at radius 1 is 0.258 bits per heavy atom. The topological polar surface area (TPSA) is 3.24 Å². The fourth-order valence-corrected chi connectivity index (χ4v) is 11.5. The zero-order valence-electron chi connectivity index (χ0n) is 36.0. The van der Waals surface area contributed by atoms with Crippen molar-refractivity contribution in [2.24, 2.45) is 0 Å². The highest BCUT2D eigenvalue weighted by molar-refractivity contribution is 7.26. The minimum absolute atomic E-state index is 1.09. The van der Waals surface area contributed by atoms with Crippen LogP contribution in [0.3, 0.4) is 0 Å². The smallest absolute Gasteiger partial charge is 0.0555 e. The fraction of sp³-hybridized carbons (Fsp3) is 0. The lowest BCUT2D eigenvalue weighted by Crippen LogP contribution is -2.12. The number of rotatable bonds is 7. The van der Waals surface area contributed by atoms with E-state index in [1.165, 1.54) is 102 Å². The van der Waals surface area contributed by atoms with E-state index >= 15 is 0 Å². The summed E-state index contributed by atoms with van der Waals surface area (Å²) >= 11 is 1.87. The third-order valence-electron chi connectivity index (χ3n) is 13.4. The summed E-state index contributed by atoms with van der Waals surface area (Å²) in [6, 6.07) is 91.8. The van der Waals surface area contributed by atoms with Gasteiger partial charge in [-0.1, -0.05) is 194 Å². The lowest BCUT2D eigenvalue weighted by Gasteiger charge is -2.30. The van der Waals surface area contributed by atoms with Crippen molar-refractivity contribution in [3.05, 3.63) is 249 Å². The van der Waals surface area contributed by atoms with E-state index in [0.717, 1.165) is 22.6 Å².